The van der Waals surface area contributed by atoms with Gasteiger partial charge in [-0.3, -0.25) is 0 Å². The number of benzene rings is 2. The van der Waals surface area contributed by atoms with Gasteiger partial charge in [0.05, 0.1) is 11.1 Å². The molecule has 1 saturated heterocycles. The molecule has 0 bridgehead atoms. The summed E-state index contributed by atoms with van der Waals surface area (Å²) in [5, 5.41) is 23.5. The van der Waals surface area contributed by atoms with E-state index in [0.29, 0.717) is 34.6 Å². The van der Waals surface area contributed by atoms with Crippen LogP contribution in [0.5, 0.6) is 5.75 Å². The van der Waals surface area contributed by atoms with Crippen molar-refractivity contribution in [1.82, 2.24) is 14.6 Å². The number of fused-ring (bicyclic) bond motifs is 1. The van der Waals surface area contributed by atoms with Gasteiger partial charge in [-0.1, -0.05) is 12.1 Å². The van der Waals surface area contributed by atoms with Crippen LogP contribution < -0.4 is 10.6 Å². The van der Waals surface area contributed by atoms with Crippen LogP contribution in [0.4, 0.5) is 14.6 Å². The lowest BCUT2D eigenvalue weighted by molar-refractivity contribution is 0.432. The molecule has 0 spiro atoms. The summed E-state index contributed by atoms with van der Waals surface area (Å²) in [4.78, 5) is 6.62. The summed E-state index contributed by atoms with van der Waals surface area (Å²) >= 11 is 0. The van der Waals surface area contributed by atoms with Crippen LogP contribution in [0, 0.1) is 23.0 Å². The van der Waals surface area contributed by atoms with Crippen molar-refractivity contribution >= 4 is 11.5 Å². The highest BCUT2D eigenvalue weighted by Crippen LogP contribution is 2.38. The van der Waals surface area contributed by atoms with Gasteiger partial charge in [-0.25, -0.2) is 13.8 Å². The Kier molecular flexibility index (Phi) is 5.15. The van der Waals surface area contributed by atoms with Gasteiger partial charge in [0.15, 0.2) is 17.2 Å². The van der Waals surface area contributed by atoms with Crippen molar-refractivity contribution in [1.29, 1.82) is 5.26 Å². The van der Waals surface area contributed by atoms with Crippen LogP contribution in [0.2, 0.25) is 0 Å². The Morgan fingerprint density at radius 2 is 1.88 bits per heavy atom. The maximum atomic E-state index is 14.5. The zero-order chi connectivity index (χ0) is 23.1. The fourth-order valence-electron chi connectivity index (χ4n) is 4.27. The lowest BCUT2D eigenvalue weighted by Gasteiger charge is -2.32. The molecule has 0 radical (unpaired) electrons. The van der Waals surface area contributed by atoms with Gasteiger partial charge in [0.1, 0.15) is 23.4 Å². The molecule has 1 fully saturated rings. The maximum Gasteiger partial charge on any atom is 0.165 e. The normalized spacial score (nSPS) is 16.2. The van der Waals surface area contributed by atoms with Crippen LogP contribution in [-0.4, -0.2) is 38.8 Å². The summed E-state index contributed by atoms with van der Waals surface area (Å²) in [6.45, 7) is 1.46. The molecule has 1 aliphatic rings. The van der Waals surface area contributed by atoms with Crippen molar-refractivity contribution in [2.45, 2.75) is 18.9 Å². The number of nitrogens with two attached hydrogens (primary N) is 1. The van der Waals surface area contributed by atoms with Crippen molar-refractivity contribution in [3.05, 3.63) is 65.9 Å². The molecule has 166 valence electrons. The van der Waals surface area contributed by atoms with Gasteiger partial charge in [0.25, 0.3) is 0 Å². The smallest absolute Gasteiger partial charge is 0.165 e. The van der Waals surface area contributed by atoms with E-state index in [2.05, 4.69) is 9.88 Å². The molecule has 1 atom stereocenters. The molecular formula is C24H20F2N6O. The molecule has 1 aliphatic heterocycles. The van der Waals surface area contributed by atoms with Crippen LogP contribution in [0.25, 0.3) is 28.0 Å². The number of halogens is 2. The summed E-state index contributed by atoms with van der Waals surface area (Å²) in [5.41, 5.74) is 8.27. The topological polar surface area (TPSA) is 103 Å². The second-order valence-corrected chi connectivity index (χ2v) is 8.08. The van der Waals surface area contributed by atoms with E-state index in [1.54, 1.807) is 22.8 Å². The van der Waals surface area contributed by atoms with Gasteiger partial charge in [0.2, 0.25) is 0 Å². The maximum absolute atomic E-state index is 14.5. The quantitative estimate of drug-likeness (QED) is 0.496. The number of hydrogen-bond acceptors (Lipinski definition) is 6. The first kappa shape index (κ1) is 20.8. The average molecular weight is 446 g/mol. The predicted octanol–water partition coefficient (Wildman–Crippen LogP) is 3.85. The van der Waals surface area contributed by atoms with Crippen LogP contribution >= 0.6 is 0 Å². The number of hydrogen-bond donors (Lipinski definition) is 2. The van der Waals surface area contributed by atoms with E-state index < -0.39 is 17.4 Å². The Labute approximate surface area is 188 Å². The summed E-state index contributed by atoms with van der Waals surface area (Å²) < 4.78 is 30.4. The number of nitriles is 1. The number of piperidine rings is 1. The van der Waals surface area contributed by atoms with Crippen LogP contribution in [-0.2, 0) is 0 Å². The molecule has 2 aromatic heterocycles. The first-order valence-corrected chi connectivity index (χ1v) is 10.5. The second kappa shape index (κ2) is 8.15. The summed E-state index contributed by atoms with van der Waals surface area (Å²) in [7, 11) is 0. The Balaban J connectivity index is 1.77. The molecular weight excluding hydrogens is 426 g/mol. The molecule has 7 nitrogen and oxygen atoms in total. The first-order chi connectivity index (χ1) is 16.0. The van der Waals surface area contributed by atoms with E-state index in [1.165, 1.54) is 24.3 Å². The Hall–Kier alpha value is -4.03. The molecule has 0 unspecified atom stereocenters. The molecule has 9 heteroatoms. The number of aromatic nitrogens is 3. The minimum atomic E-state index is -0.790. The summed E-state index contributed by atoms with van der Waals surface area (Å²) in [6.07, 6.45) is 3.53. The molecule has 3 N–H and O–H groups in total. The van der Waals surface area contributed by atoms with Crippen LogP contribution in [0.1, 0.15) is 18.4 Å². The minimum Gasteiger partial charge on any atom is -0.505 e. The third-order valence-corrected chi connectivity index (χ3v) is 5.88. The molecule has 3 heterocycles. The van der Waals surface area contributed by atoms with E-state index in [1.807, 2.05) is 12.1 Å². The second-order valence-electron chi connectivity index (χ2n) is 8.08. The van der Waals surface area contributed by atoms with Crippen molar-refractivity contribution in [2.24, 2.45) is 5.73 Å². The highest BCUT2D eigenvalue weighted by Gasteiger charge is 2.24. The van der Waals surface area contributed by atoms with Crippen molar-refractivity contribution < 1.29 is 13.9 Å². The fraction of sp³-hybridized carbons (Fsp3) is 0.208. The van der Waals surface area contributed by atoms with Crippen molar-refractivity contribution in [2.75, 3.05) is 18.0 Å². The molecule has 5 rings (SSSR count). The Bertz CT molecular complexity index is 1410. The number of rotatable bonds is 3. The van der Waals surface area contributed by atoms with Gasteiger partial charge in [-0.05, 0) is 48.7 Å². The first-order valence-electron chi connectivity index (χ1n) is 10.5. The van der Waals surface area contributed by atoms with E-state index in [4.69, 9.17) is 16.1 Å². The Morgan fingerprint density at radius 1 is 1.09 bits per heavy atom. The van der Waals surface area contributed by atoms with Crippen LogP contribution in [0.3, 0.4) is 0 Å². The van der Waals surface area contributed by atoms with Crippen molar-refractivity contribution in [3.63, 3.8) is 0 Å². The SMILES string of the molecule is N#Cc1ccc(-c2nn3c(N4CCC[C@@H](N)C4)ccnc3c2-c2ccc(O)c(F)c2)cc1F. The van der Waals surface area contributed by atoms with Gasteiger partial charge >= 0.3 is 0 Å². The largest absolute Gasteiger partial charge is 0.505 e. The Morgan fingerprint density at radius 3 is 2.61 bits per heavy atom. The van der Waals surface area contributed by atoms with Gasteiger partial charge in [-0.2, -0.15) is 14.9 Å². The molecule has 0 saturated carbocycles. The number of phenolic OH excluding ortho intramolecular Hbond substituents is 1. The molecule has 0 aliphatic carbocycles. The highest BCUT2D eigenvalue weighted by atomic mass is 19.1. The molecule has 0 amide bonds. The lowest BCUT2D eigenvalue weighted by Crippen LogP contribution is -2.43. The standard InChI is InChI=1S/C24H20F2N6O/c25-18-11-15(3-4-16(18)12-27)23-22(14-5-6-20(33)19(26)10-14)24-29-8-7-21(32(24)30-23)31-9-1-2-17(28)13-31/h3-8,10-11,17,33H,1-2,9,13,28H2/t17-/m1/s1. The van der Waals surface area contributed by atoms with Crippen LogP contribution in [0.15, 0.2) is 48.7 Å². The van der Waals surface area contributed by atoms with Crippen molar-refractivity contribution in [3.8, 4) is 34.2 Å². The number of anilines is 1. The molecule has 4 aromatic rings. The van der Waals surface area contributed by atoms with E-state index >= 15 is 0 Å². The zero-order valence-corrected chi connectivity index (χ0v) is 17.5. The van der Waals surface area contributed by atoms with E-state index in [0.717, 1.165) is 25.2 Å². The van der Waals surface area contributed by atoms with Gasteiger partial charge in [-0.15, -0.1) is 0 Å². The summed E-state index contributed by atoms with van der Waals surface area (Å²) in [6, 6.07) is 11.9. The highest BCUT2D eigenvalue weighted by molar-refractivity contribution is 5.91. The third-order valence-electron chi connectivity index (χ3n) is 5.88. The van der Waals surface area contributed by atoms with E-state index in [-0.39, 0.29) is 11.6 Å². The lowest BCUT2D eigenvalue weighted by atomic mass is 10.00. The van der Waals surface area contributed by atoms with Gasteiger partial charge < -0.3 is 15.7 Å². The predicted molar refractivity (Wildman–Crippen MR) is 120 cm³/mol. The monoisotopic (exact) mass is 446 g/mol. The summed E-state index contributed by atoms with van der Waals surface area (Å²) in [5.74, 6) is -1.17. The fourth-order valence-corrected chi connectivity index (χ4v) is 4.27. The molecule has 33 heavy (non-hydrogen) atoms. The number of nitrogens with zero attached hydrogens (tertiary/aromatic N) is 5. The van der Waals surface area contributed by atoms with Gasteiger partial charge in [0, 0.05) is 30.9 Å². The average Bonchev–Trinajstić information content (AvgIpc) is 3.20. The zero-order valence-electron chi connectivity index (χ0n) is 17.5. The number of phenols is 1. The number of aromatic hydroxyl groups is 1. The van der Waals surface area contributed by atoms with E-state index in [9.17, 15) is 13.9 Å². The molecule has 2 aromatic carbocycles. The third kappa shape index (κ3) is 3.64. The minimum absolute atomic E-state index is 0.0373.